The van der Waals surface area contributed by atoms with Gasteiger partial charge >= 0.3 is 11.9 Å². The first kappa shape index (κ1) is 20.8. The minimum atomic E-state index is -0.755. The van der Waals surface area contributed by atoms with Gasteiger partial charge in [-0.1, -0.05) is 20.8 Å². The molecule has 0 spiro atoms. The van der Waals surface area contributed by atoms with Gasteiger partial charge in [0, 0.05) is 19.4 Å². The highest BCUT2D eigenvalue weighted by molar-refractivity contribution is 5.66. The Morgan fingerprint density at radius 2 is 1.85 bits per heavy atom. The summed E-state index contributed by atoms with van der Waals surface area (Å²) >= 11 is 0. The molecule has 1 aliphatic rings. The third kappa shape index (κ3) is 5.99. The molecule has 0 saturated heterocycles. The second-order valence-corrected chi connectivity index (χ2v) is 7.35. The van der Waals surface area contributed by atoms with E-state index in [-0.39, 0.29) is 17.8 Å². The van der Waals surface area contributed by atoms with Crippen LogP contribution in [0.25, 0.3) is 0 Å². The summed E-state index contributed by atoms with van der Waals surface area (Å²) in [4.78, 5) is 22.3. The number of phenolic OH excluding ortho intramolecular Hbond substituents is 1. The van der Waals surface area contributed by atoms with Gasteiger partial charge in [0.1, 0.15) is 30.3 Å². The molecule has 148 valence electrons. The minimum absolute atomic E-state index is 0.0691. The minimum Gasteiger partial charge on any atom is -0.508 e. The van der Waals surface area contributed by atoms with Crippen LogP contribution in [0, 0.1) is 0 Å². The fraction of sp³-hybridized carbons (Fsp3) is 0.500. The van der Waals surface area contributed by atoms with Crippen LogP contribution >= 0.6 is 0 Å². The zero-order chi connectivity index (χ0) is 20.2. The highest BCUT2D eigenvalue weighted by atomic mass is 16.7. The number of benzene rings is 1. The van der Waals surface area contributed by atoms with Crippen LogP contribution in [-0.2, 0) is 29.2 Å². The monoisotopic (exact) mass is 378 g/mol. The highest BCUT2D eigenvalue weighted by Gasteiger charge is 2.31. The third-order valence-corrected chi connectivity index (χ3v) is 3.91. The van der Waals surface area contributed by atoms with Crippen molar-refractivity contribution in [1.29, 1.82) is 0 Å². The molecule has 2 rings (SSSR count). The average Bonchev–Trinajstić information content (AvgIpc) is 2.55. The molecule has 1 aromatic carbocycles. The molecule has 0 amide bonds. The molecule has 0 radical (unpaired) electrons. The van der Waals surface area contributed by atoms with Gasteiger partial charge < -0.3 is 24.1 Å². The molecule has 3 atom stereocenters. The molecule has 1 N–H and O–H groups in total. The highest BCUT2D eigenvalue weighted by Crippen LogP contribution is 2.34. The Bertz CT molecular complexity index is 718. The maximum Gasteiger partial charge on any atom is 0.303 e. The quantitative estimate of drug-likeness (QED) is 0.622. The maximum absolute atomic E-state index is 11.3. The zero-order valence-corrected chi connectivity index (χ0v) is 16.2. The first-order valence-electron chi connectivity index (χ1n) is 8.71. The van der Waals surface area contributed by atoms with E-state index in [2.05, 4.69) is 0 Å². The van der Waals surface area contributed by atoms with Crippen LogP contribution in [0.3, 0.4) is 0 Å². The third-order valence-electron chi connectivity index (χ3n) is 3.91. The summed E-state index contributed by atoms with van der Waals surface area (Å²) in [5.74, 6) is -0.212. The first-order chi connectivity index (χ1) is 12.6. The maximum atomic E-state index is 11.3. The lowest BCUT2D eigenvalue weighted by atomic mass is 9.86. The Labute approximate surface area is 158 Å². The van der Waals surface area contributed by atoms with Gasteiger partial charge in [-0.2, -0.15) is 0 Å². The molecule has 0 saturated carbocycles. The molecule has 1 aromatic rings. The molecular formula is C20H26O7. The molecule has 7 heteroatoms. The molecule has 0 bridgehead atoms. The number of phenols is 1. The lowest BCUT2D eigenvalue weighted by Crippen LogP contribution is -2.43. The number of esters is 2. The van der Waals surface area contributed by atoms with E-state index in [0.29, 0.717) is 5.75 Å². The summed E-state index contributed by atoms with van der Waals surface area (Å²) < 4.78 is 21.8. The Hall–Kier alpha value is -2.54. The first-order valence-corrected chi connectivity index (χ1v) is 8.71. The summed E-state index contributed by atoms with van der Waals surface area (Å²) in [7, 11) is 0. The molecule has 27 heavy (non-hydrogen) atoms. The Balaban J connectivity index is 2.14. The van der Waals surface area contributed by atoms with Gasteiger partial charge in [0.15, 0.2) is 0 Å². The Kier molecular flexibility index (Phi) is 6.49. The summed E-state index contributed by atoms with van der Waals surface area (Å²) in [5.41, 5.74) is 0.486. The molecule has 0 aliphatic carbocycles. The van der Waals surface area contributed by atoms with E-state index in [9.17, 15) is 14.7 Å². The van der Waals surface area contributed by atoms with Crippen LogP contribution < -0.4 is 4.74 Å². The van der Waals surface area contributed by atoms with Crippen molar-refractivity contribution in [2.45, 2.75) is 58.5 Å². The van der Waals surface area contributed by atoms with E-state index < -0.39 is 30.4 Å². The van der Waals surface area contributed by atoms with Crippen LogP contribution in [0.2, 0.25) is 0 Å². The molecule has 0 fully saturated rings. The summed E-state index contributed by atoms with van der Waals surface area (Å²) in [6.45, 7) is 8.48. The summed E-state index contributed by atoms with van der Waals surface area (Å²) in [5, 5.41) is 10.1. The molecular weight excluding hydrogens is 352 g/mol. The van der Waals surface area contributed by atoms with Crippen LogP contribution in [-0.4, -0.2) is 42.1 Å². The molecule has 0 unspecified atom stereocenters. The molecule has 0 aromatic heterocycles. The van der Waals surface area contributed by atoms with Gasteiger partial charge in [-0.25, -0.2) is 0 Å². The zero-order valence-electron chi connectivity index (χ0n) is 16.2. The lowest BCUT2D eigenvalue weighted by molar-refractivity contribution is -0.178. The second kappa shape index (κ2) is 8.43. The number of carbonyl (C=O) groups excluding carboxylic acids is 2. The summed E-state index contributed by atoms with van der Waals surface area (Å²) in [6, 6.07) is 4.97. The predicted molar refractivity (Wildman–Crippen MR) is 97.4 cm³/mol. The topological polar surface area (TPSA) is 91.3 Å². The Morgan fingerprint density at radius 3 is 2.44 bits per heavy atom. The van der Waals surface area contributed by atoms with Crippen molar-refractivity contribution in [3.05, 3.63) is 35.9 Å². The SMILES string of the molecule is CC(=O)OC[C@H]1O[C@@H](Oc2ccc(O)c(C(C)(C)C)c2)C=C[C@@H]1OC(C)=O. The van der Waals surface area contributed by atoms with E-state index in [4.69, 9.17) is 18.9 Å². The van der Waals surface area contributed by atoms with E-state index >= 15 is 0 Å². The fourth-order valence-corrected chi connectivity index (χ4v) is 2.65. The van der Waals surface area contributed by atoms with E-state index in [1.807, 2.05) is 20.8 Å². The van der Waals surface area contributed by atoms with Crippen molar-refractivity contribution in [2.75, 3.05) is 6.61 Å². The van der Waals surface area contributed by atoms with Gasteiger partial charge in [0.05, 0.1) is 0 Å². The van der Waals surface area contributed by atoms with Gasteiger partial charge in [0.2, 0.25) is 6.29 Å². The number of hydrogen-bond donors (Lipinski definition) is 1. The number of ether oxygens (including phenoxy) is 4. The Morgan fingerprint density at radius 1 is 1.15 bits per heavy atom. The number of rotatable bonds is 5. The smallest absolute Gasteiger partial charge is 0.303 e. The van der Waals surface area contributed by atoms with Crippen LogP contribution in [0.4, 0.5) is 0 Å². The predicted octanol–water partition coefficient (Wildman–Crippen LogP) is 2.84. The summed E-state index contributed by atoms with van der Waals surface area (Å²) in [6.07, 6.45) is 1.16. The molecule has 1 heterocycles. The van der Waals surface area contributed by atoms with Gasteiger partial charge in [-0.3, -0.25) is 9.59 Å². The molecule has 7 nitrogen and oxygen atoms in total. The number of aromatic hydroxyl groups is 1. The standard InChI is InChI=1S/C20H26O7/c1-12(21)24-11-18-17(25-13(2)22)8-9-19(27-18)26-14-6-7-16(23)15(10-14)20(3,4)5/h6-10,17-19,23H,11H2,1-5H3/t17-,18+,19+/m0/s1. The second-order valence-electron chi connectivity index (χ2n) is 7.35. The molecule has 1 aliphatic heterocycles. The normalized spacial score (nSPS) is 22.2. The van der Waals surface area contributed by atoms with Gasteiger partial charge in [-0.15, -0.1) is 0 Å². The van der Waals surface area contributed by atoms with E-state index in [1.165, 1.54) is 13.8 Å². The largest absolute Gasteiger partial charge is 0.508 e. The van der Waals surface area contributed by atoms with Crippen molar-refractivity contribution in [2.24, 2.45) is 0 Å². The van der Waals surface area contributed by atoms with E-state index in [0.717, 1.165) is 5.56 Å². The average molecular weight is 378 g/mol. The van der Waals surface area contributed by atoms with Crippen molar-refractivity contribution in [1.82, 2.24) is 0 Å². The van der Waals surface area contributed by atoms with Crippen molar-refractivity contribution >= 4 is 11.9 Å². The van der Waals surface area contributed by atoms with Gasteiger partial charge in [-0.05, 0) is 35.8 Å². The van der Waals surface area contributed by atoms with Crippen molar-refractivity contribution < 1.29 is 33.6 Å². The lowest BCUT2D eigenvalue weighted by Gasteiger charge is -2.31. The fourth-order valence-electron chi connectivity index (χ4n) is 2.65. The van der Waals surface area contributed by atoms with Crippen LogP contribution in [0.15, 0.2) is 30.4 Å². The van der Waals surface area contributed by atoms with Gasteiger partial charge in [0.25, 0.3) is 0 Å². The van der Waals surface area contributed by atoms with Crippen LogP contribution in [0.5, 0.6) is 11.5 Å². The van der Waals surface area contributed by atoms with Crippen molar-refractivity contribution in [3.63, 3.8) is 0 Å². The van der Waals surface area contributed by atoms with Crippen molar-refractivity contribution in [3.8, 4) is 11.5 Å². The number of hydrogen-bond acceptors (Lipinski definition) is 7. The van der Waals surface area contributed by atoms with E-state index in [1.54, 1.807) is 30.4 Å². The van der Waals surface area contributed by atoms with Crippen LogP contribution in [0.1, 0.15) is 40.2 Å². The number of carbonyl (C=O) groups is 2.